The average molecular weight is 371 g/mol. The van der Waals surface area contributed by atoms with Gasteiger partial charge in [0.25, 0.3) is 0 Å². The third-order valence-electron chi connectivity index (χ3n) is 5.73. The van der Waals surface area contributed by atoms with Crippen LogP contribution in [0.15, 0.2) is 18.2 Å². The van der Waals surface area contributed by atoms with Crippen molar-refractivity contribution >= 4 is 29.1 Å². The van der Waals surface area contributed by atoms with Gasteiger partial charge in [-0.05, 0) is 36.6 Å². The highest BCUT2D eigenvalue weighted by molar-refractivity contribution is 6.34. The molecule has 1 heterocycles. The molecule has 6 heteroatoms. The maximum atomic E-state index is 13.2. The molecule has 3 atom stereocenters. The summed E-state index contributed by atoms with van der Waals surface area (Å²) in [4.78, 5) is 14.8. The Hall–Kier alpha value is -0.810. The zero-order valence-corrected chi connectivity index (χ0v) is 15.8. The van der Waals surface area contributed by atoms with Crippen LogP contribution in [-0.2, 0) is 16.1 Å². The van der Waals surface area contributed by atoms with Crippen LogP contribution in [0.2, 0.25) is 10.0 Å². The van der Waals surface area contributed by atoms with E-state index in [1.807, 2.05) is 26.0 Å². The molecule has 1 aromatic carbocycles. The van der Waals surface area contributed by atoms with Crippen molar-refractivity contribution in [1.82, 2.24) is 4.90 Å². The van der Waals surface area contributed by atoms with Crippen LogP contribution in [0.1, 0.15) is 32.3 Å². The number of hydrogen-bond acceptors (Lipinski definition) is 3. The number of carbonyl (C=O) groups is 1. The second-order valence-electron chi connectivity index (χ2n) is 7.57. The molecule has 1 amide bonds. The van der Waals surface area contributed by atoms with Gasteiger partial charge in [-0.15, -0.1) is 0 Å². The van der Waals surface area contributed by atoms with Crippen LogP contribution in [-0.4, -0.2) is 36.1 Å². The predicted octanol–water partition coefficient (Wildman–Crippen LogP) is 3.48. The third-order valence-corrected chi connectivity index (χ3v) is 6.16. The summed E-state index contributed by atoms with van der Waals surface area (Å²) < 4.78 is 5.88. The number of carbonyl (C=O) groups excluding carboxylic acids is 1. The zero-order valence-electron chi connectivity index (χ0n) is 14.3. The Morgan fingerprint density at radius 3 is 2.58 bits per heavy atom. The maximum absolute atomic E-state index is 13.2. The Balaban J connectivity index is 1.79. The number of likely N-dealkylation sites (N-methyl/N-ethyl adjacent to an activating group) is 1. The van der Waals surface area contributed by atoms with Gasteiger partial charge in [-0.3, -0.25) is 4.79 Å². The average Bonchev–Trinajstić information content (AvgIpc) is 2.52. The topological polar surface area (TPSA) is 55.6 Å². The number of hydrogen-bond donors (Lipinski definition) is 1. The van der Waals surface area contributed by atoms with E-state index < -0.39 is 5.54 Å². The number of benzene rings is 1. The highest BCUT2D eigenvalue weighted by atomic mass is 35.5. The van der Waals surface area contributed by atoms with Gasteiger partial charge in [0.05, 0.1) is 6.10 Å². The summed E-state index contributed by atoms with van der Waals surface area (Å²) in [7, 11) is 1.78. The Morgan fingerprint density at radius 1 is 1.33 bits per heavy atom. The molecule has 2 fully saturated rings. The first-order chi connectivity index (χ1) is 11.2. The quantitative estimate of drug-likeness (QED) is 0.885. The van der Waals surface area contributed by atoms with E-state index in [9.17, 15) is 4.79 Å². The minimum atomic E-state index is -0.894. The highest BCUT2D eigenvalue weighted by Gasteiger charge is 2.70. The standard InChI is InChI=1S/C18H24Cl2N2O2/c1-17(2)15-14(5-4-6-24-15)18(17,21)16(23)22(3)10-11-7-12(19)9-13(20)8-11/h7-9,14-15H,4-6,10,21H2,1-3H3. The second kappa shape index (κ2) is 6.17. The first kappa shape index (κ1) is 18.0. The molecule has 0 spiro atoms. The van der Waals surface area contributed by atoms with Crippen LogP contribution in [0.25, 0.3) is 0 Å². The van der Waals surface area contributed by atoms with Crippen LogP contribution < -0.4 is 5.73 Å². The van der Waals surface area contributed by atoms with Gasteiger partial charge in [-0.1, -0.05) is 37.0 Å². The third kappa shape index (κ3) is 2.64. The number of fused-ring (bicyclic) bond motifs is 1. The van der Waals surface area contributed by atoms with E-state index in [1.165, 1.54) is 0 Å². The summed E-state index contributed by atoms with van der Waals surface area (Å²) in [5.41, 5.74) is 6.29. The number of amides is 1. The van der Waals surface area contributed by atoms with Gasteiger partial charge in [-0.2, -0.15) is 0 Å². The van der Waals surface area contributed by atoms with Crippen LogP contribution >= 0.6 is 23.2 Å². The van der Waals surface area contributed by atoms with Gasteiger partial charge in [0.1, 0.15) is 5.54 Å². The van der Waals surface area contributed by atoms with Crippen molar-refractivity contribution in [1.29, 1.82) is 0 Å². The normalized spacial score (nSPS) is 31.1. The molecule has 1 aromatic rings. The molecule has 24 heavy (non-hydrogen) atoms. The minimum Gasteiger partial charge on any atom is -0.377 e. The second-order valence-corrected chi connectivity index (χ2v) is 8.44. The van der Waals surface area contributed by atoms with Crippen LogP contribution in [0.4, 0.5) is 0 Å². The van der Waals surface area contributed by atoms with E-state index >= 15 is 0 Å². The summed E-state index contributed by atoms with van der Waals surface area (Å²) >= 11 is 12.1. The Bertz CT molecular complexity index is 644. The fourth-order valence-corrected chi connectivity index (χ4v) is 4.94. The molecule has 1 aliphatic carbocycles. The molecule has 1 saturated heterocycles. The molecular weight excluding hydrogens is 347 g/mol. The monoisotopic (exact) mass is 370 g/mol. The number of nitrogens with two attached hydrogens (primary N) is 1. The fraction of sp³-hybridized carbons (Fsp3) is 0.611. The molecule has 132 valence electrons. The van der Waals surface area contributed by atoms with E-state index in [4.69, 9.17) is 33.7 Å². The van der Waals surface area contributed by atoms with Crippen molar-refractivity contribution in [2.24, 2.45) is 17.1 Å². The number of halogens is 2. The molecule has 2 N–H and O–H groups in total. The van der Waals surface area contributed by atoms with Crippen molar-refractivity contribution < 1.29 is 9.53 Å². The van der Waals surface area contributed by atoms with Crippen molar-refractivity contribution in [3.8, 4) is 0 Å². The van der Waals surface area contributed by atoms with Crippen LogP contribution in [0, 0.1) is 11.3 Å². The van der Waals surface area contributed by atoms with Gasteiger partial charge < -0.3 is 15.4 Å². The van der Waals surface area contributed by atoms with Gasteiger partial charge in [0.2, 0.25) is 5.91 Å². The molecule has 1 aliphatic heterocycles. The lowest BCUT2D eigenvalue weighted by atomic mass is 9.46. The Morgan fingerprint density at radius 2 is 1.96 bits per heavy atom. The number of rotatable bonds is 3. The largest absolute Gasteiger partial charge is 0.377 e. The fourth-order valence-electron chi connectivity index (χ4n) is 4.37. The van der Waals surface area contributed by atoms with Gasteiger partial charge in [-0.25, -0.2) is 0 Å². The minimum absolute atomic E-state index is 0.0460. The number of ether oxygens (including phenoxy) is 1. The van der Waals surface area contributed by atoms with Crippen molar-refractivity contribution in [3.05, 3.63) is 33.8 Å². The highest BCUT2D eigenvalue weighted by Crippen LogP contribution is 2.57. The van der Waals surface area contributed by atoms with Crippen LogP contribution in [0.5, 0.6) is 0 Å². The first-order valence-corrected chi connectivity index (χ1v) is 9.04. The van der Waals surface area contributed by atoms with E-state index in [1.54, 1.807) is 18.0 Å². The van der Waals surface area contributed by atoms with Crippen LogP contribution in [0.3, 0.4) is 0 Å². The predicted molar refractivity (Wildman–Crippen MR) is 96.1 cm³/mol. The van der Waals surface area contributed by atoms with E-state index in [0.717, 1.165) is 25.0 Å². The van der Waals surface area contributed by atoms with E-state index in [0.29, 0.717) is 16.6 Å². The molecule has 2 aliphatic rings. The van der Waals surface area contributed by atoms with Gasteiger partial charge in [0, 0.05) is 41.6 Å². The van der Waals surface area contributed by atoms with E-state index in [-0.39, 0.29) is 23.3 Å². The number of nitrogens with zero attached hydrogens (tertiary/aromatic N) is 1. The summed E-state index contributed by atoms with van der Waals surface area (Å²) in [6.07, 6.45) is 1.96. The Labute approximate surface area is 153 Å². The van der Waals surface area contributed by atoms with E-state index in [2.05, 4.69) is 0 Å². The lowest BCUT2D eigenvalue weighted by Gasteiger charge is -2.65. The lowest BCUT2D eigenvalue weighted by molar-refractivity contribution is -0.229. The molecule has 1 saturated carbocycles. The van der Waals surface area contributed by atoms with Gasteiger partial charge in [0.15, 0.2) is 0 Å². The smallest absolute Gasteiger partial charge is 0.243 e. The zero-order chi connectivity index (χ0) is 17.7. The van der Waals surface area contributed by atoms with Crippen molar-refractivity contribution in [2.75, 3.05) is 13.7 Å². The Kier molecular flexibility index (Phi) is 4.63. The molecule has 0 radical (unpaired) electrons. The lowest BCUT2D eigenvalue weighted by Crippen LogP contribution is -2.82. The summed E-state index contributed by atoms with van der Waals surface area (Å²) in [6, 6.07) is 5.32. The maximum Gasteiger partial charge on any atom is 0.243 e. The molecule has 0 aromatic heterocycles. The van der Waals surface area contributed by atoms with Crippen molar-refractivity contribution in [3.63, 3.8) is 0 Å². The summed E-state index contributed by atoms with van der Waals surface area (Å²) in [5.74, 6) is 0.0366. The first-order valence-electron chi connectivity index (χ1n) is 8.29. The molecule has 0 bridgehead atoms. The SMILES string of the molecule is CN(Cc1cc(Cl)cc(Cl)c1)C(=O)C1(N)C2CCCOC2C1(C)C. The molecule has 4 nitrogen and oxygen atoms in total. The molecule has 3 rings (SSSR count). The summed E-state index contributed by atoms with van der Waals surface area (Å²) in [5, 5.41) is 1.12. The molecule has 3 unspecified atom stereocenters. The summed E-state index contributed by atoms with van der Waals surface area (Å²) in [6.45, 7) is 5.24. The van der Waals surface area contributed by atoms with Gasteiger partial charge >= 0.3 is 0 Å². The molecular formula is C18H24Cl2N2O2. The van der Waals surface area contributed by atoms with Crippen molar-refractivity contribution in [2.45, 2.75) is 44.9 Å².